The highest BCUT2D eigenvalue weighted by Gasteiger charge is 2.20. The number of hydrogen-bond acceptors (Lipinski definition) is 3. The summed E-state index contributed by atoms with van der Waals surface area (Å²) in [5.41, 5.74) is 6.72. The number of rotatable bonds is 3. The standard InChI is InChI=1S/C11H17BrN2S/c12-10-9(6-7-13)14-11(15-10)8-4-2-1-3-5-8/h8H,1-7,13H2. The first-order chi connectivity index (χ1) is 7.31. The maximum absolute atomic E-state index is 5.56. The van der Waals surface area contributed by atoms with E-state index in [0.29, 0.717) is 12.5 Å². The zero-order chi connectivity index (χ0) is 10.7. The Labute approximate surface area is 103 Å². The molecule has 1 aliphatic carbocycles. The van der Waals surface area contributed by atoms with Crippen molar-refractivity contribution in [3.8, 4) is 0 Å². The Morgan fingerprint density at radius 2 is 2.07 bits per heavy atom. The van der Waals surface area contributed by atoms with Crippen LogP contribution in [0.5, 0.6) is 0 Å². The van der Waals surface area contributed by atoms with Crippen LogP contribution in [0.25, 0.3) is 0 Å². The molecule has 15 heavy (non-hydrogen) atoms. The molecule has 1 aromatic heterocycles. The highest BCUT2D eigenvalue weighted by Crippen LogP contribution is 2.37. The van der Waals surface area contributed by atoms with Crippen molar-refractivity contribution >= 4 is 27.3 Å². The van der Waals surface area contributed by atoms with Gasteiger partial charge in [-0.1, -0.05) is 19.3 Å². The zero-order valence-electron chi connectivity index (χ0n) is 8.84. The maximum Gasteiger partial charge on any atom is 0.0971 e. The molecular formula is C11H17BrN2S. The Hall–Kier alpha value is 0.0700. The lowest BCUT2D eigenvalue weighted by Gasteiger charge is -2.18. The topological polar surface area (TPSA) is 38.9 Å². The summed E-state index contributed by atoms with van der Waals surface area (Å²) in [7, 11) is 0. The molecule has 84 valence electrons. The van der Waals surface area contributed by atoms with Crippen molar-refractivity contribution < 1.29 is 0 Å². The van der Waals surface area contributed by atoms with Crippen LogP contribution in [-0.2, 0) is 6.42 Å². The lowest BCUT2D eigenvalue weighted by molar-refractivity contribution is 0.442. The van der Waals surface area contributed by atoms with Crippen LogP contribution in [0.4, 0.5) is 0 Å². The van der Waals surface area contributed by atoms with Crippen LogP contribution in [0.1, 0.15) is 48.7 Å². The molecule has 1 heterocycles. The van der Waals surface area contributed by atoms with Crippen molar-refractivity contribution in [2.75, 3.05) is 6.54 Å². The molecule has 2 rings (SSSR count). The van der Waals surface area contributed by atoms with E-state index >= 15 is 0 Å². The predicted octanol–water partition coefficient (Wildman–Crippen LogP) is 3.45. The van der Waals surface area contributed by atoms with Gasteiger partial charge in [-0.15, -0.1) is 11.3 Å². The second-order valence-electron chi connectivity index (χ2n) is 4.15. The van der Waals surface area contributed by atoms with Crippen molar-refractivity contribution in [3.05, 3.63) is 14.5 Å². The van der Waals surface area contributed by atoms with E-state index in [2.05, 4.69) is 15.9 Å². The van der Waals surface area contributed by atoms with Gasteiger partial charge in [0.1, 0.15) is 0 Å². The molecule has 0 bridgehead atoms. The summed E-state index contributed by atoms with van der Waals surface area (Å²) >= 11 is 5.40. The Balaban J connectivity index is 2.10. The van der Waals surface area contributed by atoms with E-state index in [1.54, 1.807) is 0 Å². The second-order valence-corrected chi connectivity index (χ2v) is 6.49. The Kier molecular flexibility index (Phi) is 4.17. The number of aromatic nitrogens is 1. The molecule has 1 aromatic rings. The van der Waals surface area contributed by atoms with Crippen LogP contribution < -0.4 is 5.73 Å². The third kappa shape index (κ3) is 2.80. The van der Waals surface area contributed by atoms with Gasteiger partial charge < -0.3 is 5.73 Å². The van der Waals surface area contributed by atoms with Crippen LogP contribution in [0.15, 0.2) is 3.79 Å². The van der Waals surface area contributed by atoms with Crippen molar-refractivity contribution in [2.24, 2.45) is 5.73 Å². The smallest absolute Gasteiger partial charge is 0.0971 e. The highest BCUT2D eigenvalue weighted by molar-refractivity contribution is 9.11. The van der Waals surface area contributed by atoms with Crippen molar-refractivity contribution in [1.29, 1.82) is 0 Å². The van der Waals surface area contributed by atoms with Crippen molar-refractivity contribution in [3.63, 3.8) is 0 Å². The van der Waals surface area contributed by atoms with Crippen LogP contribution in [0, 0.1) is 0 Å². The molecule has 1 fully saturated rings. The van der Waals surface area contributed by atoms with Crippen LogP contribution in [0.2, 0.25) is 0 Å². The number of hydrogen-bond donors (Lipinski definition) is 1. The Morgan fingerprint density at radius 3 is 2.73 bits per heavy atom. The van der Waals surface area contributed by atoms with Gasteiger partial charge in [0.05, 0.1) is 14.5 Å². The molecule has 0 spiro atoms. The quantitative estimate of drug-likeness (QED) is 0.925. The molecule has 0 aliphatic heterocycles. The fourth-order valence-electron chi connectivity index (χ4n) is 2.17. The summed E-state index contributed by atoms with van der Waals surface area (Å²) in [4.78, 5) is 4.71. The van der Waals surface area contributed by atoms with Gasteiger partial charge in [0.25, 0.3) is 0 Å². The monoisotopic (exact) mass is 288 g/mol. The zero-order valence-corrected chi connectivity index (χ0v) is 11.2. The van der Waals surface area contributed by atoms with Crippen LogP contribution in [0.3, 0.4) is 0 Å². The van der Waals surface area contributed by atoms with Gasteiger partial charge in [-0.2, -0.15) is 0 Å². The number of halogens is 1. The minimum absolute atomic E-state index is 0.687. The summed E-state index contributed by atoms with van der Waals surface area (Å²) in [6, 6.07) is 0. The van der Waals surface area contributed by atoms with Gasteiger partial charge in [-0.25, -0.2) is 4.98 Å². The SMILES string of the molecule is NCCc1nc(C2CCCCC2)sc1Br. The van der Waals surface area contributed by atoms with Crippen molar-refractivity contribution in [1.82, 2.24) is 4.98 Å². The third-order valence-corrected chi connectivity index (χ3v) is 4.99. The molecule has 1 saturated carbocycles. The van der Waals surface area contributed by atoms with Gasteiger partial charge in [0.2, 0.25) is 0 Å². The van der Waals surface area contributed by atoms with Gasteiger partial charge in [-0.05, 0) is 35.3 Å². The van der Waals surface area contributed by atoms with E-state index in [9.17, 15) is 0 Å². The van der Waals surface area contributed by atoms with E-state index in [1.807, 2.05) is 11.3 Å². The van der Waals surface area contributed by atoms with Gasteiger partial charge in [-0.3, -0.25) is 0 Å². The summed E-state index contributed by atoms with van der Waals surface area (Å²) in [6.45, 7) is 0.687. The van der Waals surface area contributed by atoms with E-state index < -0.39 is 0 Å². The maximum atomic E-state index is 5.56. The molecule has 1 aliphatic rings. The van der Waals surface area contributed by atoms with Gasteiger partial charge >= 0.3 is 0 Å². The first kappa shape index (κ1) is 11.6. The van der Waals surface area contributed by atoms with Crippen LogP contribution in [-0.4, -0.2) is 11.5 Å². The van der Waals surface area contributed by atoms with Gasteiger partial charge in [0, 0.05) is 12.3 Å². The Morgan fingerprint density at radius 1 is 1.33 bits per heavy atom. The number of nitrogens with two attached hydrogens (primary N) is 1. The molecular weight excluding hydrogens is 272 g/mol. The molecule has 0 radical (unpaired) electrons. The van der Waals surface area contributed by atoms with E-state index in [1.165, 1.54) is 40.9 Å². The third-order valence-electron chi connectivity index (χ3n) is 3.00. The van der Waals surface area contributed by atoms with E-state index in [0.717, 1.165) is 12.1 Å². The summed E-state index contributed by atoms with van der Waals surface area (Å²) in [6.07, 6.45) is 7.68. The summed E-state index contributed by atoms with van der Waals surface area (Å²) in [5.74, 6) is 0.714. The molecule has 0 saturated heterocycles. The molecule has 0 unspecified atom stereocenters. The predicted molar refractivity (Wildman–Crippen MR) is 68.4 cm³/mol. The first-order valence-electron chi connectivity index (χ1n) is 5.66. The minimum atomic E-state index is 0.687. The first-order valence-corrected chi connectivity index (χ1v) is 7.27. The van der Waals surface area contributed by atoms with E-state index in [4.69, 9.17) is 10.7 Å². The number of thiazole rings is 1. The average molecular weight is 289 g/mol. The molecule has 2 N–H and O–H groups in total. The molecule has 0 atom stereocenters. The Bertz CT molecular complexity index is 318. The fourth-order valence-corrected chi connectivity index (χ4v) is 3.96. The second kappa shape index (κ2) is 5.41. The largest absolute Gasteiger partial charge is 0.330 e. The lowest BCUT2D eigenvalue weighted by Crippen LogP contribution is -2.06. The molecule has 0 aromatic carbocycles. The number of nitrogens with zero attached hydrogens (tertiary/aromatic N) is 1. The minimum Gasteiger partial charge on any atom is -0.330 e. The summed E-state index contributed by atoms with van der Waals surface area (Å²) in [5, 5.41) is 1.32. The summed E-state index contributed by atoms with van der Waals surface area (Å²) < 4.78 is 1.19. The highest BCUT2D eigenvalue weighted by atomic mass is 79.9. The van der Waals surface area contributed by atoms with Gasteiger partial charge in [0.15, 0.2) is 0 Å². The molecule has 4 heteroatoms. The van der Waals surface area contributed by atoms with Crippen molar-refractivity contribution in [2.45, 2.75) is 44.4 Å². The average Bonchev–Trinajstić information content (AvgIpc) is 2.63. The normalized spacial score (nSPS) is 18.3. The lowest BCUT2D eigenvalue weighted by atomic mass is 9.90. The molecule has 2 nitrogen and oxygen atoms in total. The van der Waals surface area contributed by atoms with Crippen LogP contribution >= 0.6 is 27.3 Å². The van der Waals surface area contributed by atoms with E-state index in [-0.39, 0.29) is 0 Å². The molecule has 0 amide bonds. The fraction of sp³-hybridized carbons (Fsp3) is 0.727.